The normalized spacial score (nSPS) is 15.6. The highest BCUT2D eigenvalue weighted by Crippen LogP contribution is 2.33. The Balaban J connectivity index is 2.00. The van der Waals surface area contributed by atoms with Crippen LogP contribution in [-0.4, -0.2) is 44.3 Å². The summed E-state index contributed by atoms with van der Waals surface area (Å²) in [6.45, 7) is 7.36. The standard InChI is InChI=1S/C15H24N2O2/c1-11-8-14-15(19-7-6-18-14)9-13(11)4-5-17(3)10-12(2)16/h8-9,12H,4-7,10,16H2,1-3H3. The number of nitrogens with zero attached hydrogens (tertiary/aromatic N) is 1. The molecule has 1 atom stereocenters. The molecule has 2 rings (SSSR count). The topological polar surface area (TPSA) is 47.7 Å². The van der Waals surface area contributed by atoms with Gasteiger partial charge in [-0.2, -0.15) is 0 Å². The van der Waals surface area contributed by atoms with Gasteiger partial charge in [-0.25, -0.2) is 0 Å². The van der Waals surface area contributed by atoms with Crippen molar-refractivity contribution in [3.8, 4) is 11.5 Å². The Morgan fingerprint density at radius 1 is 1.26 bits per heavy atom. The van der Waals surface area contributed by atoms with Crippen molar-refractivity contribution in [2.45, 2.75) is 26.3 Å². The number of benzene rings is 1. The maximum absolute atomic E-state index is 5.81. The first-order chi connectivity index (χ1) is 9.06. The lowest BCUT2D eigenvalue weighted by Gasteiger charge is -2.22. The van der Waals surface area contributed by atoms with Crippen molar-refractivity contribution in [1.29, 1.82) is 0 Å². The molecule has 1 aliphatic rings. The molecule has 0 saturated carbocycles. The predicted molar refractivity (Wildman–Crippen MR) is 77.0 cm³/mol. The molecule has 0 fully saturated rings. The van der Waals surface area contributed by atoms with Crippen LogP contribution in [0.3, 0.4) is 0 Å². The Bertz CT molecular complexity index is 432. The summed E-state index contributed by atoms with van der Waals surface area (Å²) in [4.78, 5) is 2.26. The van der Waals surface area contributed by atoms with E-state index in [4.69, 9.17) is 15.2 Å². The fourth-order valence-corrected chi connectivity index (χ4v) is 2.40. The Morgan fingerprint density at radius 3 is 2.53 bits per heavy atom. The smallest absolute Gasteiger partial charge is 0.161 e. The molecule has 0 aliphatic carbocycles. The SMILES string of the molecule is Cc1cc2c(cc1CCN(C)CC(C)N)OCCO2. The van der Waals surface area contributed by atoms with Gasteiger partial charge in [-0.15, -0.1) is 0 Å². The van der Waals surface area contributed by atoms with E-state index in [-0.39, 0.29) is 6.04 Å². The lowest BCUT2D eigenvalue weighted by molar-refractivity contribution is 0.171. The van der Waals surface area contributed by atoms with Crippen molar-refractivity contribution in [2.75, 3.05) is 33.4 Å². The van der Waals surface area contributed by atoms with Crippen LogP contribution in [-0.2, 0) is 6.42 Å². The Hall–Kier alpha value is -1.26. The van der Waals surface area contributed by atoms with Gasteiger partial charge < -0.3 is 20.1 Å². The summed E-state index contributed by atoms with van der Waals surface area (Å²) in [5.74, 6) is 1.75. The van der Waals surface area contributed by atoms with E-state index >= 15 is 0 Å². The van der Waals surface area contributed by atoms with E-state index in [0.717, 1.165) is 31.0 Å². The molecule has 1 heterocycles. The highest BCUT2D eigenvalue weighted by Gasteiger charge is 2.14. The molecule has 0 radical (unpaired) electrons. The first-order valence-electron chi connectivity index (χ1n) is 6.89. The zero-order chi connectivity index (χ0) is 13.8. The molecule has 1 aromatic carbocycles. The maximum Gasteiger partial charge on any atom is 0.161 e. The van der Waals surface area contributed by atoms with E-state index < -0.39 is 0 Å². The van der Waals surface area contributed by atoms with Crippen LogP contribution in [0.15, 0.2) is 12.1 Å². The third-order valence-electron chi connectivity index (χ3n) is 3.36. The molecule has 1 unspecified atom stereocenters. The number of rotatable bonds is 5. The van der Waals surface area contributed by atoms with E-state index in [1.165, 1.54) is 11.1 Å². The van der Waals surface area contributed by atoms with Crippen LogP contribution in [0.1, 0.15) is 18.1 Å². The molecule has 0 aromatic heterocycles. The Morgan fingerprint density at radius 2 is 1.89 bits per heavy atom. The van der Waals surface area contributed by atoms with Crippen molar-refractivity contribution < 1.29 is 9.47 Å². The fourth-order valence-electron chi connectivity index (χ4n) is 2.40. The first kappa shape index (κ1) is 14.2. The minimum absolute atomic E-state index is 0.214. The monoisotopic (exact) mass is 264 g/mol. The van der Waals surface area contributed by atoms with Gasteiger partial charge >= 0.3 is 0 Å². The molecule has 0 bridgehead atoms. The average molecular weight is 264 g/mol. The summed E-state index contributed by atoms with van der Waals surface area (Å²) >= 11 is 0. The van der Waals surface area contributed by atoms with Gasteiger partial charge in [0.25, 0.3) is 0 Å². The van der Waals surface area contributed by atoms with E-state index in [1.54, 1.807) is 0 Å². The predicted octanol–water partition coefficient (Wildman–Crippen LogP) is 1.59. The number of nitrogens with two attached hydrogens (primary N) is 1. The maximum atomic E-state index is 5.81. The third-order valence-corrected chi connectivity index (χ3v) is 3.36. The molecule has 1 aliphatic heterocycles. The second-order valence-electron chi connectivity index (χ2n) is 5.41. The van der Waals surface area contributed by atoms with Crippen molar-refractivity contribution in [2.24, 2.45) is 5.73 Å². The summed E-state index contributed by atoms with van der Waals surface area (Å²) in [5.41, 5.74) is 8.39. The molecule has 0 spiro atoms. The second-order valence-corrected chi connectivity index (χ2v) is 5.41. The minimum Gasteiger partial charge on any atom is -0.486 e. The van der Waals surface area contributed by atoms with Crippen molar-refractivity contribution in [3.05, 3.63) is 23.3 Å². The molecular weight excluding hydrogens is 240 g/mol. The van der Waals surface area contributed by atoms with Gasteiger partial charge in [0, 0.05) is 19.1 Å². The van der Waals surface area contributed by atoms with E-state index in [0.29, 0.717) is 13.2 Å². The van der Waals surface area contributed by atoms with Crippen molar-refractivity contribution >= 4 is 0 Å². The number of likely N-dealkylation sites (N-methyl/N-ethyl adjacent to an activating group) is 1. The molecule has 4 nitrogen and oxygen atoms in total. The molecule has 0 saturated heterocycles. The van der Waals surface area contributed by atoms with Crippen LogP contribution < -0.4 is 15.2 Å². The number of fused-ring (bicyclic) bond motifs is 1. The lowest BCUT2D eigenvalue weighted by atomic mass is 10.0. The van der Waals surface area contributed by atoms with E-state index in [9.17, 15) is 0 Å². The highest BCUT2D eigenvalue weighted by atomic mass is 16.6. The highest BCUT2D eigenvalue weighted by molar-refractivity contribution is 5.47. The van der Waals surface area contributed by atoms with Gasteiger partial charge in [0.1, 0.15) is 13.2 Å². The molecule has 1 aromatic rings. The minimum atomic E-state index is 0.214. The Kier molecular flexibility index (Phi) is 4.66. The van der Waals surface area contributed by atoms with Crippen LogP contribution in [0.25, 0.3) is 0 Å². The molecule has 2 N–H and O–H groups in total. The zero-order valence-corrected chi connectivity index (χ0v) is 12.1. The average Bonchev–Trinajstić information content (AvgIpc) is 2.35. The molecule has 106 valence electrons. The van der Waals surface area contributed by atoms with Crippen LogP contribution in [0.4, 0.5) is 0 Å². The van der Waals surface area contributed by atoms with E-state index in [2.05, 4.69) is 31.0 Å². The molecular formula is C15H24N2O2. The van der Waals surface area contributed by atoms with Gasteiger partial charge in [-0.3, -0.25) is 0 Å². The van der Waals surface area contributed by atoms with E-state index in [1.807, 2.05) is 6.92 Å². The number of hydrogen-bond acceptors (Lipinski definition) is 4. The fraction of sp³-hybridized carbons (Fsp3) is 0.600. The van der Waals surface area contributed by atoms with Gasteiger partial charge in [0.2, 0.25) is 0 Å². The molecule has 4 heteroatoms. The van der Waals surface area contributed by atoms with Crippen LogP contribution in [0.2, 0.25) is 0 Å². The van der Waals surface area contributed by atoms with Crippen LogP contribution in [0.5, 0.6) is 11.5 Å². The van der Waals surface area contributed by atoms with Crippen molar-refractivity contribution in [3.63, 3.8) is 0 Å². The summed E-state index contributed by atoms with van der Waals surface area (Å²) < 4.78 is 11.2. The third kappa shape index (κ3) is 3.85. The van der Waals surface area contributed by atoms with Crippen LogP contribution >= 0.6 is 0 Å². The van der Waals surface area contributed by atoms with Gasteiger partial charge in [-0.05, 0) is 50.6 Å². The summed E-state index contributed by atoms with van der Waals surface area (Å²) in [6, 6.07) is 4.41. The second kappa shape index (κ2) is 6.26. The van der Waals surface area contributed by atoms with Crippen molar-refractivity contribution in [1.82, 2.24) is 4.90 Å². The quantitative estimate of drug-likeness (QED) is 0.877. The number of ether oxygens (including phenoxy) is 2. The number of aryl methyl sites for hydroxylation is 1. The Labute approximate surface area is 115 Å². The summed E-state index contributed by atoms with van der Waals surface area (Å²) in [6.07, 6.45) is 1.01. The van der Waals surface area contributed by atoms with Crippen LogP contribution in [0, 0.1) is 6.92 Å². The number of hydrogen-bond donors (Lipinski definition) is 1. The summed E-state index contributed by atoms with van der Waals surface area (Å²) in [5, 5.41) is 0. The van der Waals surface area contributed by atoms with Gasteiger partial charge in [-0.1, -0.05) is 0 Å². The van der Waals surface area contributed by atoms with Gasteiger partial charge in [0.15, 0.2) is 11.5 Å². The molecule has 0 amide bonds. The molecule has 19 heavy (non-hydrogen) atoms. The largest absolute Gasteiger partial charge is 0.486 e. The van der Waals surface area contributed by atoms with Gasteiger partial charge in [0.05, 0.1) is 0 Å². The first-order valence-corrected chi connectivity index (χ1v) is 6.89. The lowest BCUT2D eigenvalue weighted by Crippen LogP contribution is -2.34. The summed E-state index contributed by atoms with van der Waals surface area (Å²) in [7, 11) is 2.11. The zero-order valence-electron chi connectivity index (χ0n) is 12.1.